The summed E-state index contributed by atoms with van der Waals surface area (Å²) in [6, 6.07) is 5.47. The van der Waals surface area contributed by atoms with Gasteiger partial charge in [0.25, 0.3) is 5.91 Å². The first-order chi connectivity index (χ1) is 21.2. The number of benzene rings is 1. The Morgan fingerprint density at radius 3 is 2.27 bits per heavy atom. The van der Waals surface area contributed by atoms with Crippen LogP contribution in [-0.4, -0.2) is 81.8 Å². The smallest absolute Gasteiger partial charge is 0.290 e. The number of nitrogens with two attached hydrogens (primary N) is 2. The number of amides is 4. The Labute approximate surface area is 266 Å². The van der Waals surface area contributed by atoms with Crippen LogP contribution in [-0.2, 0) is 36.8 Å². The van der Waals surface area contributed by atoms with Gasteiger partial charge in [0, 0.05) is 30.3 Å². The molecule has 0 fully saturated rings. The van der Waals surface area contributed by atoms with Crippen molar-refractivity contribution in [3.05, 3.63) is 52.5 Å². The Morgan fingerprint density at radius 2 is 1.69 bits per heavy atom. The number of nitrogens with zero attached hydrogens (tertiary/aromatic N) is 2. The normalized spacial score (nSPS) is 13.8. The monoisotopic (exact) mass is 644 g/mol. The minimum Gasteiger partial charge on any atom is -0.391 e. The Bertz CT molecular complexity index is 1310. The molecule has 1 heterocycles. The molecule has 0 saturated carbocycles. The van der Waals surface area contributed by atoms with Gasteiger partial charge in [0.05, 0.1) is 23.4 Å². The van der Waals surface area contributed by atoms with E-state index < -0.39 is 53.3 Å². The predicted molar refractivity (Wildman–Crippen MR) is 171 cm³/mol. The van der Waals surface area contributed by atoms with Gasteiger partial charge in [-0.05, 0) is 52.5 Å². The molecule has 2 aromatic rings. The summed E-state index contributed by atoms with van der Waals surface area (Å²) in [5.74, 6) is -3.99. The first kappa shape index (κ1) is 36.8. The van der Waals surface area contributed by atoms with Gasteiger partial charge in [-0.15, -0.1) is 11.3 Å². The van der Waals surface area contributed by atoms with Gasteiger partial charge in [0.1, 0.15) is 12.1 Å². The highest BCUT2D eigenvalue weighted by Gasteiger charge is 2.34. The molecule has 0 aliphatic carbocycles. The zero-order valence-electron chi connectivity index (χ0n) is 26.0. The third-order valence-corrected chi connectivity index (χ3v) is 7.02. The fourth-order valence-corrected chi connectivity index (χ4v) is 4.75. The van der Waals surface area contributed by atoms with Crippen LogP contribution in [0.5, 0.6) is 0 Å². The van der Waals surface area contributed by atoms with Gasteiger partial charge in [0.15, 0.2) is 5.96 Å². The molecule has 15 heteroatoms. The third kappa shape index (κ3) is 13.9. The van der Waals surface area contributed by atoms with Gasteiger partial charge >= 0.3 is 0 Å². The molecule has 9 N–H and O–H groups in total. The highest BCUT2D eigenvalue weighted by Crippen LogP contribution is 2.09. The highest BCUT2D eigenvalue weighted by molar-refractivity contribution is 7.07. The van der Waals surface area contributed by atoms with E-state index in [2.05, 4.69) is 31.2 Å². The molecule has 2 rings (SSSR count). The van der Waals surface area contributed by atoms with Gasteiger partial charge in [-0.3, -0.25) is 29.0 Å². The van der Waals surface area contributed by atoms with Crippen LogP contribution < -0.4 is 32.7 Å². The summed E-state index contributed by atoms with van der Waals surface area (Å²) < 4.78 is 0. The lowest BCUT2D eigenvalue weighted by molar-refractivity contribution is -0.141. The molecule has 246 valence electrons. The van der Waals surface area contributed by atoms with Gasteiger partial charge in [0.2, 0.25) is 23.5 Å². The molecule has 0 saturated heterocycles. The molecule has 45 heavy (non-hydrogen) atoms. The molecule has 4 amide bonds. The lowest BCUT2D eigenvalue weighted by Gasteiger charge is -2.27. The largest absolute Gasteiger partial charge is 0.391 e. The van der Waals surface area contributed by atoms with Crippen LogP contribution in [0.2, 0.25) is 0 Å². The van der Waals surface area contributed by atoms with Crippen molar-refractivity contribution in [3.63, 3.8) is 0 Å². The van der Waals surface area contributed by atoms with E-state index in [-0.39, 0.29) is 44.1 Å². The number of hydrogen-bond acceptors (Lipinski definition) is 9. The molecule has 0 aliphatic rings. The minimum absolute atomic E-state index is 0.00329. The summed E-state index contributed by atoms with van der Waals surface area (Å²) in [7, 11) is 0. The van der Waals surface area contributed by atoms with Crippen molar-refractivity contribution in [1.29, 1.82) is 0 Å². The quantitative estimate of drug-likeness (QED) is 0.0517. The van der Waals surface area contributed by atoms with Gasteiger partial charge < -0.3 is 37.8 Å². The van der Waals surface area contributed by atoms with Crippen LogP contribution in [0.15, 0.2) is 46.2 Å². The van der Waals surface area contributed by atoms with Crippen LogP contribution in [0.1, 0.15) is 58.2 Å². The molecule has 1 aromatic heterocycles. The summed E-state index contributed by atoms with van der Waals surface area (Å²) in [5, 5.41) is 22.5. The maximum absolute atomic E-state index is 13.4. The second kappa shape index (κ2) is 17.8. The zero-order chi connectivity index (χ0) is 33.6. The summed E-state index contributed by atoms with van der Waals surface area (Å²) >= 11 is 1.32. The maximum Gasteiger partial charge on any atom is 0.290 e. The van der Waals surface area contributed by atoms with Gasteiger partial charge in [-0.25, -0.2) is 4.98 Å². The molecular weight excluding hydrogens is 600 g/mol. The van der Waals surface area contributed by atoms with E-state index in [4.69, 9.17) is 11.5 Å². The number of guanidine groups is 1. The van der Waals surface area contributed by atoms with E-state index in [0.717, 1.165) is 5.56 Å². The van der Waals surface area contributed by atoms with Crippen molar-refractivity contribution in [3.8, 4) is 0 Å². The topological polar surface area (TPSA) is 231 Å². The average Bonchev–Trinajstić information content (AvgIpc) is 3.48. The molecule has 0 radical (unpaired) electrons. The van der Waals surface area contributed by atoms with Crippen molar-refractivity contribution >= 4 is 46.7 Å². The van der Waals surface area contributed by atoms with Crippen LogP contribution >= 0.6 is 11.3 Å². The number of ketones is 1. The van der Waals surface area contributed by atoms with Crippen molar-refractivity contribution in [2.75, 3.05) is 6.54 Å². The number of Topliss-reactive ketones (excluding diaryl/α,β-unsaturated/α-hetero) is 1. The first-order valence-corrected chi connectivity index (χ1v) is 15.5. The van der Waals surface area contributed by atoms with Gasteiger partial charge in [-0.2, -0.15) is 0 Å². The standard InChI is InChI=1S/C30H44N8O6S/c1-18(39)24(27(43)36-21(11-8-14-33-29(31)32)25(41)28(44)38-30(2,3)4)37-26(42)22(15-20-16-45-17-34-20)35-23(40)13-12-19-9-6-5-7-10-19/h5-7,9-10,16-18,21-22,24,39H,8,11-15H2,1-4H3,(H,35,40)(H,36,43)(H,37,42)(H,38,44)(H4,31,32,33)/t18-,21+,22+,24+/m1/s1. The van der Waals surface area contributed by atoms with Crippen LogP contribution in [0.4, 0.5) is 0 Å². The van der Waals surface area contributed by atoms with E-state index in [1.165, 1.54) is 18.3 Å². The minimum atomic E-state index is -1.52. The summed E-state index contributed by atoms with van der Waals surface area (Å²) in [6.45, 7) is 6.53. The van der Waals surface area contributed by atoms with Crippen molar-refractivity contribution in [2.24, 2.45) is 16.5 Å². The zero-order valence-corrected chi connectivity index (χ0v) is 26.9. The molecule has 1 aromatic carbocycles. The molecule has 14 nitrogen and oxygen atoms in total. The van der Waals surface area contributed by atoms with E-state index >= 15 is 0 Å². The van der Waals surface area contributed by atoms with Crippen LogP contribution in [0, 0.1) is 0 Å². The number of aliphatic hydroxyl groups excluding tert-OH is 1. The number of carbonyl (C=O) groups is 5. The summed E-state index contributed by atoms with van der Waals surface area (Å²) in [5.41, 5.74) is 13.1. The van der Waals surface area contributed by atoms with Gasteiger partial charge in [-0.1, -0.05) is 30.3 Å². The van der Waals surface area contributed by atoms with Crippen molar-refractivity contribution < 1.29 is 29.1 Å². The number of aliphatic imine (C=N–C) groups is 1. The lowest BCUT2D eigenvalue weighted by Crippen LogP contribution is -2.60. The maximum atomic E-state index is 13.4. The number of thiazole rings is 1. The molecule has 4 atom stereocenters. The highest BCUT2D eigenvalue weighted by atomic mass is 32.1. The Balaban J connectivity index is 2.18. The molecule has 0 aliphatic heterocycles. The van der Waals surface area contributed by atoms with E-state index in [0.29, 0.717) is 12.1 Å². The predicted octanol–water partition coefficient (Wildman–Crippen LogP) is -0.309. The van der Waals surface area contributed by atoms with Crippen molar-refractivity contribution in [1.82, 2.24) is 26.3 Å². The number of aryl methyl sites for hydroxylation is 1. The Morgan fingerprint density at radius 1 is 1.00 bits per heavy atom. The number of hydrogen-bond donors (Lipinski definition) is 7. The number of aromatic nitrogens is 1. The Hall–Kier alpha value is -4.37. The third-order valence-electron chi connectivity index (χ3n) is 6.39. The molecule has 0 bridgehead atoms. The van der Waals surface area contributed by atoms with Crippen LogP contribution in [0.3, 0.4) is 0 Å². The summed E-state index contributed by atoms with van der Waals surface area (Å²) in [6.07, 6.45) is -0.539. The molecular formula is C30H44N8O6S. The average molecular weight is 645 g/mol. The number of carbonyl (C=O) groups excluding carboxylic acids is 5. The second-order valence-corrected chi connectivity index (χ2v) is 12.3. The summed E-state index contributed by atoms with van der Waals surface area (Å²) in [4.78, 5) is 73.4. The van der Waals surface area contributed by atoms with E-state index in [1.54, 1.807) is 31.7 Å². The number of rotatable bonds is 17. The fourth-order valence-electron chi connectivity index (χ4n) is 4.18. The van der Waals surface area contributed by atoms with E-state index in [1.807, 2.05) is 30.3 Å². The Kier molecular flexibility index (Phi) is 14.6. The number of nitrogens with one attached hydrogen (secondary N) is 4. The lowest BCUT2D eigenvalue weighted by atomic mass is 10.0. The second-order valence-electron chi connectivity index (χ2n) is 11.6. The van der Waals surface area contributed by atoms with Crippen LogP contribution in [0.25, 0.3) is 0 Å². The first-order valence-electron chi connectivity index (χ1n) is 14.6. The van der Waals surface area contributed by atoms with E-state index in [9.17, 15) is 29.1 Å². The van der Waals surface area contributed by atoms with Crippen molar-refractivity contribution in [2.45, 2.75) is 89.6 Å². The SMILES string of the molecule is C[C@@H](O)[C@H](NC(=O)[C@H](Cc1cscn1)NC(=O)CCc1ccccc1)C(=O)N[C@@H](CCCN=C(N)N)C(=O)C(=O)NC(C)(C)C. The molecule has 0 unspecified atom stereocenters. The fraction of sp³-hybridized carbons (Fsp3) is 0.500. The molecule has 0 spiro atoms. The number of aliphatic hydroxyl groups is 1.